The highest BCUT2D eigenvalue weighted by atomic mass is 32.2. The van der Waals surface area contributed by atoms with Crippen molar-refractivity contribution in [1.29, 1.82) is 0 Å². The minimum Gasteiger partial charge on any atom is -0.497 e. The van der Waals surface area contributed by atoms with Gasteiger partial charge in [-0.05, 0) is 53.5 Å². The smallest absolute Gasteiger partial charge is 0.408 e. The molecule has 3 rings (SSSR count). The average Bonchev–Trinajstić information content (AvgIpc) is 3.42. The lowest BCUT2D eigenvalue weighted by molar-refractivity contribution is -0.128. The van der Waals surface area contributed by atoms with E-state index in [4.69, 9.17) is 9.47 Å². The molecule has 2 amide bonds. The third-order valence-electron chi connectivity index (χ3n) is 9.85. The number of hydrogen-bond donors (Lipinski definition) is 3. The number of methoxy groups -OCH3 is 1. The van der Waals surface area contributed by atoms with Crippen molar-refractivity contribution >= 4 is 22.0 Å². The number of nitrogens with zero attached hydrogens (tertiary/aromatic N) is 2. The Balaban J connectivity index is 2.10. The number of aliphatic hydroxyl groups excluding tert-OH is 1. The number of carboxylic acid groups (broad SMARTS) is 1. The second-order valence-electron chi connectivity index (χ2n) is 14.2. The Labute approximate surface area is 304 Å². The molecule has 0 saturated carbocycles. The van der Waals surface area contributed by atoms with E-state index in [9.17, 15) is 28.2 Å². The third kappa shape index (κ3) is 9.59. The maximum Gasteiger partial charge on any atom is 0.408 e. The SMILES string of the molecule is C=CCO[C@H]1Cc2ccc(OC)cc2[C@@]1(N(C[C@@H](O)[C@H](Cc1ccccc1)NC(=O)[C@H](CC=C)N(C)S(=O)(=O)CCCCC)C(=O)O)C(C)(C)C. The van der Waals surface area contributed by atoms with Crippen molar-refractivity contribution in [2.75, 3.05) is 33.1 Å². The Kier molecular flexibility index (Phi) is 14.9. The molecular weight excluding hydrogens is 671 g/mol. The third-order valence-corrected chi connectivity index (χ3v) is 11.8. The molecule has 0 spiro atoms. The first kappa shape index (κ1) is 41.7. The number of nitrogens with one attached hydrogen (secondary N) is 1. The maximum absolute atomic E-state index is 14.0. The van der Waals surface area contributed by atoms with E-state index in [-0.39, 0.29) is 25.2 Å². The quantitative estimate of drug-likeness (QED) is 0.119. The number of benzene rings is 2. The fraction of sp³-hybridized carbons (Fsp3) is 0.538. The monoisotopic (exact) mass is 727 g/mol. The van der Waals surface area contributed by atoms with Gasteiger partial charge in [-0.15, -0.1) is 13.2 Å². The van der Waals surface area contributed by atoms with Gasteiger partial charge in [-0.25, -0.2) is 13.2 Å². The number of carbonyl (C=O) groups excluding carboxylic acids is 1. The van der Waals surface area contributed by atoms with Gasteiger partial charge in [0.2, 0.25) is 15.9 Å². The van der Waals surface area contributed by atoms with Crippen LogP contribution >= 0.6 is 0 Å². The van der Waals surface area contributed by atoms with Gasteiger partial charge in [-0.1, -0.05) is 89.1 Å². The van der Waals surface area contributed by atoms with Crippen LogP contribution in [-0.4, -0.2) is 97.2 Å². The zero-order valence-electron chi connectivity index (χ0n) is 31.0. The van der Waals surface area contributed by atoms with Crippen LogP contribution in [0.25, 0.3) is 0 Å². The molecule has 0 aromatic heterocycles. The van der Waals surface area contributed by atoms with Gasteiger partial charge >= 0.3 is 6.09 Å². The van der Waals surface area contributed by atoms with Crippen molar-refractivity contribution in [2.24, 2.45) is 5.41 Å². The van der Waals surface area contributed by atoms with Gasteiger partial charge in [0.05, 0.1) is 44.3 Å². The molecule has 11 nitrogen and oxygen atoms in total. The molecule has 2 aromatic carbocycles. The van der Waals surface area contributed by atoms with Crippen LogP contribution in [0.4, 0.5) is 4.79 Å². The second kappa shape index (κ2) is 18.2. The molecule has 12 heteroatoms. The summed E-state index contributed by atoms with van der Waals surface area (Å²) in [5.74, 6) is -0.168. The van der Waals surface area contributed by atoms with Crippen molar-refractivity contribution < 1.29 is 37.7 Å². The molecule has 0 aliphatic heterocycles. The molecule has 1 aliphatic carbocycles. The lowest BCUT2D eigenvalue weighted by atomic mass is 9.67. The van der Waals surface area contributed by atoms with Crippen LogP contribution in [0, 0.1) is 5.41 Å². The van der Waals surface area contributed by atoms with Crippen LogP contribution in [0.1, 0.15) is 70.1 Å². The van der Waals surface area contributed by atoms with Gasteiger partial charge in [0.1, 0.15) is 17.3 Å². The molecule has 0 fully saturated rings. The number of ether oxygens (including phenoxy) is 2. The minimum absolute atomic E-state index is 0.0405. The van der Waals surface area contributed by atoms with E-state index in [2.05, 4.69) is 18.5 Å². The summed E-state index contributed by atoms with van der Waals surface area (Å²) in [6, 6.07) is 12.7. The van der Waals surface area contributed by atoms with Crippen LogP contribution in [0.5, 0.6) is 5.75 Å². The Morgan fingerprint density at radius 2 is 1.80 bits per heavy atom. The molecule has 0 bridgehead atoms. The minimum atomic E-state index is -3.78. The van der Waals surface area contributed by atoms with Gasteiger partial charge < -0.3 is 25.0 Å². The summed E-state index contributed by atoms with van der Waals surface area (Å²) in [4.78, 5) is 28.7. The molecule has 5 atom stereocenters. The molecule has 1 aliphatic rings. The summed E-state index contributed by atoms with van der Waals surface area (Å²) in [7, 11) is -0.856. The number of likely N-dealkylation sites (N-methyl/N-ethyl adjacent to an activating group) is 1. The van der Waals surface area contributed by atoms with Crippen LogP contribution in [0.2, 0.25) is 0 Å². The second-order valence-corrected chi connectivity index (χ2v) is 16.3. The molecule has 0 heterocycles. The van der Waals surface area contributed by atoms with Crippen LogP contribution in [-0.2, 0) is 37.9 Å². The van der Waals surface area contributed by atoms with E-state index in [1.54, 1.807) is 13.2 Å². The zero-order chi connectivity index (χ0) is 38.0. The summed E-state index contributed by atoms with van der Waals surface area (Å²) in [6.45, 7) is 15.1. The number of carbonyl (C=O) groups is 2. The highest BCUT2D eigenvalue weighted by Crippen LogP contribution is 2.55. The van der Waals surface area contributed by atoms with Crippen LogP contribution in [0.3, 0.4) is 0 Å². The van der Waals surface area contributed by atoms with Gasteiger partial charge in [0.25, 0.3) is 0 Å². The number of sulfonamides is 1. The number of aliphatic hydroxyl groups is 1. The first-order chi connectivity index (χ1) is 24.1. The predicted octanol–water partition coefficient (Wildman–Crippen LogP) is 5.53. The fourth-order valence-electron chi connectivity index (χ4n) is 7.28. The Hall–Kier alpha value is -3.71. The standard InChI is InChI=1S/C39H57N3O8S/c1-9-12-16-23-51(47,48)41(7)33(17-10-2)36(44)40-32(24-28-18-14-13-15-19-28)34(43)27-42(37(45)46)39(38(4,5)6)31-26-30(49-8)21-20-29(31)25-35(39)50-22-11-3/h10-11,13-15,18-21,26,32-35,43H,2-3,9,12,16-17,22-25,27H2,1,4-8H3,(H,40,44)(H,45,46)/t32-,33-,34+,35-,39-/m0/s1. The Bertz CT molecular complexity index is 1590. The van der Waals surface area contributed by atoms with E-state index in [1.807, 2.05) is 76.2 Å². The van der Waals surface area contributed by atoms with Crippen molar-refractivity contribution in [2.45, 2.75) is 96.1 Å². The normalized spacial score (nSPS) is 19.1. The Morgan fingerprint density at radius 1 is 1.12 bits per heavy atom. The van der Waals surface area contributed by atoms with Crippen molar-refractivity contribution in [1.82, 2.24) is 14.5 Å². The first-order valence-corrected chi connectivity index (χ1v) is 19.2. The topological polar surface area (TPSA) is 146 Å². The van der Waals surface area contributed by atoms with E-state index in [0.717, 1.165) is 28.3 Å². The van der Waals surface area contributed by atoms with Crippen molar-refractivity contribution in [3.05, 3.63) is 90.5 Å². The summed E-state index contributed by atoms with van der Waals surface area (Å²) < 4.78 is 39.5. The fourth-order valence-corrected chi connectivity index (χ4v) is 8.71. The highest BCUT2D eigenvalue weighted by Gasteiger charge is 2.60. The van der Waals surface area contributed by atoms with Crippen LogP contribution in [0.15, 0.2) is 73.8 Å². The van der Waals surface area contributed by atoms with Gasteiger partial charge in [-0.2, -0.15) is 4.31 Å². The van der Waals surface area contributed by atoms with Gasteiger partial charge in [-0.3, -0.25) is 9.69 Å². The number of amides is 2. The van der Waals surface area contributed by atoms with Gasteiger partial charge in [0, 0.05) is 13.5 Å². The number of unbranched alkanes of at least 4 members (excludes halogenated alkanes) is 2. The summed E-state index contributed by atoms with van der Waals surface area (Å²) >= 11 is 0. The highest BCUT2D eigenvalue weighted by molar-refractivity contribution is 7.89. The molecule has 3 N–H and O–H groups in total. The molecule has 0 saturated heterocycles. The number of rotatable bonds is 20. The Morgan fingerprint density at radius 3 is 2.37 bits per heavy atom. The summed E-state index contributed by atoms with van der Waals surface area (Å²) in [5, 5.41) is 26.0. The first-order valence-electron chi connectivity index (χ1n) is 17.6. The maximum atomic E-state index is 14.0. The molecular formula is C39H57N3O8S. The number of fused-ring (bicyclic) bond motifs is 1. The number of hydrogen-bond acceptors (Lipinski definition) is 7. The largest absolute Gasteiger partial charge is 0.497 e. The van der Waals surface area contributed by atoms with E-state index < -0.39 is 63.8 Å². The summed E-state index contributed by atoms with van der Waals surface area (Å²) in [5.41, 5.74) is 0.328. The molecule has 2 aromatic rings. The predicted molar refractivity (Wildman–Crippen MR) is 200 cm³/mol. The van der Waals surface area contributed by atoms with Crippen LogP contribution < -0.4 is 10.1 Å². The van der Waals surface area contributed by atoms with Gasteiger partial charge in [0.15, 0.2) is 0 Å². The molecule has 0 unspecified atom stereocenters. The lowest BCUT2D eigenvalue weighted by Crippen LogP contribution is -2.65. The zero-order valence-corrected chi connectivity index (χ0v) is 31.8. The van der Waals surface area contributed by atoms with Crippen molar-refractivity contribution in [3.63, 3.8) is 0 Å². The molecule has 282 valence electrons. The summed E-state index contributed by atoms with van der Waals surface area (Å²) in [6.07, 6.45) is 2.41. The molecule has 51 heavy (non-hydrogen) atoms. The van der Waals surface area contributed by atoms with E-state index in [1.165, 1.54) is 18.0 Å². The lowest BCUT2D eigenvalue weighted by Gasteiger charge is -2.53. The van der Waals surface area contributed by atoms with E-state index in [0.29, 0.717) is 24.2 Å². The van der Waals surface area contributed by atoms with E-state index >= 15 is 0 Å². The average molecular weight is 728 g/mol. The molecule has 0 radical (unpaired) electrons. The van der Waals surface area contributed by atoms with Crippen molar-refractivity contribution in [3.8, 4) is 5.75 Å².